The number of nitrogens with two attached hydrogens (primary N) is 1. The Morgan fingerprint density at radius 1 is 1.18 bits per heavy atom. The number of halogens is 5. The van der Waals surface area contributed by atoms with E-state index in [1.54, 1.807) is 0 Å². The zero-order valence-corrected chi connectivity index (χ0v) is 22.0. The number of ether oxygens (including phenoxy) is 2. The maximum Gasteiger partial charge on any atom is 0.387 e. The monoisotopic (exact) mass is 578 g/mol. The van der Waals surface area contributed by atoms with Crippen LogP contribution in [-0.4, -0.2) is 36.3 Å². The van der Waals surface area contributed by atoms with E-state index in [0.717, 1.165) is 43.0 Å². The second kappa shape index (κ2) is 11.3. The second-order valence-electron chi connectivity index (χ2n) is 10.1. The van der Waals surface area contributed by atoms with Crippen LogP contribution >= 0.6 is 11.6 Å². The second-order valence-corrected chi connectivity index (χ2v) is 10.5. The summed E-state index contributed by atoms with van der Waals surface area (Å²) in [6.07, 6.45) is 2.65. The lowest BCUT2D eigenvalue weighted by atomic mass is 9.84. The smallest absolute Gasteiger partial charge is 0.387 e. The molecule has 0 aromatic heterocycles. The highest BCUT2D eigenvalue weighted by molar-refractivity contribution is 6.34. The van der Waals surface area contributed by atoms with E-state index in [9.17, 15) is 18.7 Å². The Bertz CT molecular complexity index is 1430. The van der Waals surface area contributed by atoms with Crippen molar-refractivity contribution in [3.63, 3.8) is 0 Å². The molecule has 0 spiro atoms. The quantitative estimate of drug-likeness (QED) is 0.298. The molecule has 0 saturated heterocycles. The van der Waals surface area contributed by atoms with Gasteiger partial charge in [0.25, 0.3) is 0 Å². The molecule has 40 heavy (non-hydrogen) atoms. The van der Waals surface area contributed by atoms with Crippen molar-refractivity contribution in [3.8, 4) is 22.6 Å². The number of hydrogen-bond donors (Lipinski definition) is 3. The molecule has 1 saturated carbocycles. The lowest BCUT2D eigenvalue weighted by Crippen LogP contribution is -2.47. The number of fused-ring (bicyclic) bond motifs is 1. The van der Waals surface area contributed by atoms with E-state index >= 15 is 8.78 Å². The summed E-state index contributed by atoms with van der Waals surface area (Å²) in [7, 11) is 0. The Morgan fingerprint density at radius 3 is 2.60 bits per heavy atom. The van der Waals surface area contributed by atoms with Gasteiger partial charge in [-0.05, 0) is 43.4 Å². The highest BCUT2D eigenvalue weighted by atomic mass is 35.5. The van der Waals surface area contributed by atoms with E-state index in [1.165, 1.54) is 0 Å². The average molecular weight is 579 g/mol. The van der Waals surface area contributed by atoms with Gasteiger partial charge in [-0.15, -0.1) is 0 Å². The van der Waals surface area contributed by atoms with Crippen molar-refractivity contribution < 1.29 is 36.9 Å². The van der Waals surface area contributed by atoms with Crippen LogP contribution in [0.25, 0.3) is 11.1 Å². The van der Waals surface area contributed by atoms with Crippen LogP contribution in [-0.2, 0) is 12.0 Å². The summed E-state index contributed by atoms with van der Waals surface area (Å²) in [5.74, 6) is -4.16. The van der Waals surface area contributed by atoms with Crippen LogP contribution in [0.2, 0.25) is 5.02 Å². The lowest BCUT2D eigenvalue weighted by Gasteiger charge is -2.34. The molecule has 3 aromatic carbocycles. The molecule has 3 atom stereocenters. The number of aliphatic hydroxyl groups is 1. The molecule has 4 N–H and O–H groups in total. The van der Waals surface area contributed by atoms with E-state index in [-0.39, 0.29) is 41.4 Å². The summed E-state index contributed by atoms with van der Waals surface area (Å²) in [4.78, 5) is 12.3. The van der Waals surface area contributed by atoms with Crippen molar-refractivity contribution in [1.82, 2.24) is 5.32 Å². The molecule has 5 rings (SSSR count). The zero-order chi connectivity index (χ0) is 28.6. The Balaban J connectivity index is 1.64. The van der Waals surface area contributed by atoms with Crippen molar-refractivity contribution in [2.24, 2.45) is 5.73 Å². The number of carbonyl (C=O) groups excluding carboxylic acids is 1. The Morgan fingerprint density at radius 2 is 1.93 bits per heavy atom. The number of amides is 1. The van der Waals surface area contributed by atoms with Crippen LogP contribution < -0.4 is 20.5 Å². The fourth-order valence-electron chi connectivity index (χ4n) is 5.66. The van der Waals surface area contributed by atoms with Crippen LogP contribution in [0.15, 0.2) is 48.5 Å². The van der Waals surface area contributed by atoms with E-state index in [2.05, 4.69) is 10.1 Å². The van der Waals surface area contributed by atoms with Gasteiger partial charge in [-0.1, -0.05) is 41.9 Å². The molecule has 1 heterocycles. The predicted octanol–water partition coefficient (Wildman–Crippen LogP) is 5.71. The summed E-state index contributed by atoms with van der Waals surface area (Å²) in [6.45, 7) is -3.10. The summed E-state index contributed by atoms with van der Waals surface area (Å²) in [5.41, 5.74) is 4.24. The maximum absolute atomic E-state index is 15.7. The van der Waals surface area contributed by atoms with Gasteiger partial charge in [-0.3, -0.25) is 4.79 Å². The minimum atomic E-state index is -3.35. The number of aliphatic hydroxyl groups excluding tert-OH is 1. The summed E-state index contributed by atoms with van der Waals surface area (Å²) in [5, 5.41) is 13.1. The van der Waals surface area contributed by atoms with Gasteiger partial charge in [0.05, 0.1) is 16.7 Å². The first kappa shape index (κ1) is 28.2. The van der Waals surface area contributed by atoms with Crippen molar-refractivity contribution >= 4 is 17.5 Å². The van der Waals surface area contributed by atoms with E-state index in [1.807, 2.05) is 30.3 Å². The fourth-order valence-corrected chi connectivity index (χ4v) is 5.92. The molecule has 1 aliphatic carbocycles. The molecule has 1 unspecified atom stereocenters. The van der Waals surface area contributed by atoms with Crippen LogP contribution in [0.3, 0.4) is 0 Å². The van der Waals surface area contributed by atoms with Gasteiger partial charge in [-0.2, -0.15) is 8.78 Å². The first-order valence-corrected chi connectivity index (χ1v) is 13.2. The molecular weight excluding hydrogens is 552 g/mol. The maximum atomic E-state index is 15.7. The largest absolute Gasteiger partial charge is 0.480 e. The van der Waals surface area contributed by atoms with Gasteiger partial charge in [-0.25, -0.2) is 8.78 Å². The molecule has 3 aromatic rings. The van der Waals surface area contributed by atoms with E-state index in [0.29, 0.717) is 6.42 Å². The number of primary amides is 1. The average Bonchev–Trinajstić information content (AvgIpc) is 3.29. The molecule has 1 fully saturated rings. The summed E-state index contributed by atoms with van der Waals surface area (Å²) < 4.78 is 67.7. The predicted molar refractivity (Wildman–Crippen MR) is 141 cm³/mol. The Kier molecular flexibility index (Phi) is 7.94. The van der Waals surface area contributed by atoms with Crippen LogP contribution in [0.5, 0.6) is 11.5 Å². The molecular formula is C29H27ClF4N2O4. The lowest BCUT2D eigenvalue weighted by molar-refractivity contribution is -0.0521. The van der Waals surface area contributed by atoms with Crippen LogP contribution in [0.4, 0.5) is 17.6 Å². The first-order chi connectivity index (χ1) is 19.1. The van der Waals surface area contributed by atoms with Crippen LogP contribution in [0.1, 0.15) is 47.2 Å². The van der Waals surface area contributed by atoms with Crippen molar-refractivity contribution in [1.29, 1.82) is 0 Å². The Labute approximate surface area is 233 Å². The van der Waals surface area contributed by atoms with Gasteiger partial charge < -0.3 is 25.6 Å². The molecule has 1 aliphatic heterocycles. The third-order valence-corrected chi connectivity index (χ3v) is 7.88. The molecule has 2 aliphatic rings. The third-order valence-electron chi connectivity index (χ3n) is 7.51. The van der Waals surface area contributed by atoms with Crippen LogP contribution in [0, 0.1) is 11.6 Å². The zero-order valence-electron chi connectivity index (χ0n) is 21.2. The number of benzene rings is 3. The molecule has 0 radical (unpaired) electrons. The van der Waals surface area contributed by atoms with Gasteiger partial charge >= 0.3 is 6.61 Å². The van der Waals surface area contributed by atoms with Crippen molar-refractivity contribution in [3.05, 3.63) is 81.9 Å². The van der Waals surface area contributed by atoms with Gasteiger partial charge in [0.15, 0.2) is 17.2 Å². The SMILES string of the molecule is NC(=O)c1ccc(OC(F)F)c(F)c1-c1c(Cl)c(F)cc2c1CC(CN[C@@H]1CCC[C@H](O)C1)(c1ccccc1)O2. The number of hydrogen-bond acceptors (Lipinski definition) is 5. The molecule has 11 heteroatoms. The van der Waals surface area contributed by atoms with Gasteiger partial charge in [0.1, 0.15) is 11.6 Å². The minimum Gasteiger partial charge on any atom is -0.480 e. The van der Waals surface area contributed by atoms with Gasteiger partial charge in [0.2, 0.25) is 5.91 Å². The Hall–Kier alpha value is -3.34. The number of nitrogens with one attached hydrogen (secondary N) is 1. The van der Waals surface area contributed by atoms with Crippen molar-refractivity contribution in [2.75, 3.05) is 6.54 Å². The number of rotatable bonds is 8. The third kappa shape index (κ3) is 5.35. The molecule has 1 amide bonds. The van der Waals surface area contributed by atoms with Gasteiger partial charge in [0, 0.05) is 41.8 Å². The first-order valence-electron chi connectivity index (χ1n) is 12.8. The fraction of sp³-hybridized carbons (Fsp3) is 0.345. The number of carbonyl (C=O) groups is 1. The number of alkyl halides is 2. The molecule has 212 valence electrons. The van der Waals surface area contributed by atoms with E-state index in [4.69, 9.17) is 22.1 Å². The van der Waals surface area contributed by atoms with Crippen molar-refractivity contribution in [2.45, 2.75) is 56.5 Å². The normalized spacial score (nSPS) is 22.2. The highest BCUT2D eigenvalue weighted by Crippen LogP contribution is 2.50. The highest BCUT2D eigenvalue weighted by Gasteiger charge is 2.44. The summed E-state index contributed by atoms with van der Waals surface area (Å²) >= 11 is 6.39. The van der Waals surface area contributed by atoms with E-state index < -0.39 is 52.2 Å². The molecule has 0 bridgehead atoms. The molecule has 6 nitrogen and oxygen atoms in total. The topological polar surface area (TPSA) is 93.8 Å². The standard InChI is InChI=1S/C29H27ClF4N2O4/c30-25-20(31)12-22-19(23(25)24-18(27(35)38)9-10-21(26(24)32)39-28(33)34)13-29(40-22,15-5-2-1-3-6-15)14-36-16-7-4-8-17(37)11-16/h1-3,5-6,9-10,12,16-17,28,36-37H,4,7-8,11,13-14H2,(H2,35,38)/t16-,17+,29?/m1/s1. The minimum absolute atomic E-state index is 0.0125. The summed E-state index contributed by atoms with van der Waals surface area (Å²) in [6, 6.07) is 12.1.